The van der Waals surface area contributed by atoms with Crippen LogP contribution < -0.4 is 10.1 Å². The third-order valence-electron chi connectivity index (χ3n) is 5.08. The molecule has 2 heterocycles. The van der Waals surface area contributed by atoms with Crippen molar-refractivity contribution < 1.29 is 28.2 Å². The van der Waals surface area contributed by atoms with Gasteiger partial charge in [0.05, 0.1) is 17.1 Å². The highest BCUT2D eigenvalue weighted by Gasteiger charge is 2.18. The minimum Gasteiger partial charge on any atom is -0.482 e. The van der Waals surface area contributed by atoms with Crippen molar-refractivity contribution in [3.8, 4) is 11.4 Å². The second-order valence-corrected chi connectivity index (χ2v) is 7.38. The van der Waals surface area contributed by atoms with E-state index in [2.05, 4.69) is 10.4 Å². The summed E-state index contributed by atoms with van der Waals surface area (Å²) in [6.45, 7) is 3.09. The average molecular weight is 449 g/mol. The highest BCUT2D eigenvalue weighted by Crippen LogP contribution is 2.28. The Kier molecular flexibility index (Phi) is 6.03. The molecule has 3 aromatic rings. The molecule has 4 rings (SSSR count). The van der Waals surface area contributed by atoms with Crippen molar-refractivity contribution in [2.75, 3.05) is 18.5 Å². The van der Waals surface area contributed by atoms with E-state index in [-0.39, 0.29) is 23.9 Å². The lowest BCUT2D eigenvalue weighted by atomic mass is 10.1. The van der Waals surface area contributed by atoms with Crippen molar-refractivity contribution in [1.29, 1.82) is 0 Å². The number of rotatable bonds is 6. The molecule has 0 saturated heterocycles. The van der Waals surface area contributed by atoms with Gasteiger partial charge in [0.15, 0.2) is 19.0 Å². The largest absolute Gasteiger partial charge is 0.482 e. The highest BCUT2D eigenvalue weighted by molar-refractivity contribution is 6.02. The zero-order valence-electron chi connectivity index (χ0n) is 17.9. The number of hydrogen-bond donors (Lipinski definition) is 1. The molecule has 1 aliphatic rings. The van der Waals surface area contributed by atoms with Crippen LogP contribution in [0.4, 0.5) is 10.1 Å². The summed E-state index contributed by atoms with van der Waals surface area (Å²) in [6.07, 6.45) is 2.79. The predicted molar refractivity (Wildman–Crippen MR) is 118 cm³/mol. The molecular formula is C24H20FN3O5. The van der Waals surface area contributed by atoms with Crippen LogP contribution in [0.5, 0.6) is 5.75 Å². The van der Waals surface area contributed by atoms with Gasteiger partial charge < -0.3 is 14.8 Å². The number of aryl methyl sites for hydroxylation is 1. The van der Waals surface area contributed by atoms with Crippen molar-refractivity contribution in [1.82, 2.24) is 9.78 Å². The van der Waals surface area contributed by atoms with Gasteiger partial charge in [-0.1, -0.05) is 0 Å². The van der Waals surface area contributed by atoms with E-state index in [0.29, 0.717) is 28.4 Å². The number of anilines is 1. The van der Waals surface area contributed by atoms with E-state index in [1.807, 2.05) is 6.92 Å². The Bertz CT molecular complexity index is 1280. The smallest absolute Gasteiger partial charge is 0.331 e. The summed E-state index contributed by atoms with van der Waals surface area (Å²) in [6, 6.07) is 10.5. The number of hydrogen-bond acceptors (Lipinski definition) is 6. The normalized spacial score (nSPS) is 12.8. The third kappa shape index (κ3) is 4.82. The number of carbonyl (C=O) groups excluding carboxylic acids is 3. The molecule has 8 nitrogen and oxygen atoms in total. The van der Waals surface area contributed by atoms with E-state index in [0.717, 1.165) is 5.69 Å². The zero-order valence-corrected chi connectivity index (χ0v) is 17.9. The number of amides is 1. The van der Waals surface area contributed by atoms with Crippen LogP contribution in [0, 0.1) is 19.7 Å². The lowest BCUT2D eigenvalue weighted by Crippen LogP contribution is -2.25. The molecule has 0 unspecified atom stereocenters. The van der Waals surface area contributed by atoms with Crippen LogP contribution in [0.25, 0.3) is 11.8 Å². The minimum atomic E-state index is -0.689. The summed E-state index contributed by atoms with van der Waals surface area (Å²) in [7, 11) is 0. The first-order valence-electron chi connectivity index (χ1n) is 10.1. The fraction of sp³-hybridized carbons (Fsp3) is 0.167. The Morgan fingerprint density at radius 3 is 2.73 bits per heavy atom. The minimum absolute atomic E-state index is 0.0774. The fourth-order valence-electron chi connectivity index (χ4n) is 3.41. The van der Waals surface area contributed by atoms with Gasteiger partial charge in [-0.05, 0) is 62.4 Å². The molecule has 0 bridgehead atoms. The number of fused-ring (bicyclic) bond motifs is 1. The lowest BCUT2D eigenvalue weighted by Gasteiger charge is -2.18. The SMILES string of the molecule is Cc1nn(-c2ccc(F)cc2)c(C)c1/C=C/C(=O)OCC(=O)c1ccc2c(c1)NC(=O)CO2. The number of halogens is 1. The van der Waals surface area contributed by atoms with E-state index >= 15 is 0 Å². The van der Waals surface area contributed by atoms with Crippen LogP contribution in [-0.2, 0) is 14.3 Å². The number of nitrogens with zero attached hydrogens (tertiary/aromatic N) is 2. The van der Waals surface area contributed by atoms with Gasteiger partial charge in [0.25, 0.3) is 5.91 Å². The summed E-state index contributed by atoms with van der Waals surface area (Å²) in [5.74, 6) is -1.29. The fourth-order valence-corrected chi connectivity index (χ4v) is 3.41. The molecular weight excluding hydrogens is 429 g/mol. The highest BCUT2D eigenvalue weighted by atomic mass is 19.1. The molecule has 0 radical (unpaired) electrons. The molecule has 0 saturated carbocycles. The molecule has 0 atom stereocenters. The summed E-state index contributed by atoms with van der Waals surface area (Å²) in [5.41, 5.74) is 3.52. The summed E-state index contributed by atoms with van der Waals surface area (Å²) >= 11 is 0. The molecule has 2 aromatic carbocycles. The zero-order chi connectivity index (χ0) is 23.5. The van der Waals surface area contributed by atoms with Gasteiger partial charge in [-0.25, -0.2) is 13.9 Å². The molecule has 0 aliphatic carbocycles. The summed E-state index contributed by atoms with van der Waals surface area (Å²) < 4.78 is 25.2. The number of carbonyl (C=O) groups is 3. The molecule has 1 N–H and O–H groups in total. The maximum atomic E-state index is 13.2. The van der Waals surface area contributed by atoms with Crippen LogP contribution in [0.15, 0.2) is 48.5 Å². The van der Waals surface area contributed by atoms with E-state index in [1.54, 1.807) is 41.9 Å². The number of ketones is 1. The quantitative estimate of drug-likeness (QED) is 0.352. The van der Waals surface area contributed by atoms with Crippen LogP contribution >= 0.6 is 0 Å². The molecule has 1 aromatic heterocycles. The van der Waals surface area contributed by atoms with Crippen LogP contribution in [0.2, 0.25) is 0 Å². The lowest BCUT2D eigenvalue weighted by molar-refractivity contribution is -0.136. The van der Waals surface area contributed by atoms with Crippen LogP contribution in [-0.4, -0.2) is 40.7 Å². The first kappa shape index (κ1) is 21.9. The summed E-state index contributed by atoms with van der Waals surface area (Å²) in [4.78, 5) is 36.0. The van der Waals surface area contributed by atoms with Crippen molar-refractivity contribution in [3.05, 3.63) is 76.9 Å². The average Bonchev–Trinajstić information content (AvgIpc) is 3.09. The standard InChI is InChI=1S/C24H20FN3O5/c1-14-19(15(2)28(27-14)18-6-4-17(25)5-7-18)8-10-24(31)33-12-21(29)16-3-9-22-20(11-16)26-23(30)13-32-22/h3-11H,12-13H2,1-2H3,(H,26,30)/b10-8+. The Labute approximate surface area is 188 Å². The number of nitrogens with one attached hydrogen (secondary N) is 1. The molecule has 1 aliphatic heterocycles. The first-order chi connectivity index (χ1) is 15.8. The Morgan fingerprint density at radius 2 is 1.97 bits per heavy atom. The van der Waals surface area contributed by atoms with Crippen molar-refractivity contribution in [3.63, 3.8) is 0 Å². The molecule has 9 heteroatoms. The summed E-state index contributed by atoms with van der Waals surface area (Å²) in [5, 5.41) is 7.06. The number of Topliss-reactive ketones (excluding diaryl/α,β-unsaturated/α-hetero) is 1. The van der Waals surface area contributed by atoms with Gasteiger partial charge in [0.1, 0.15) is 11.6 Å². The van der Waals surface area contributed by atoms with E-state index in [1.165, 1.54) is 24.3 Å². The molecule has 168 valence electrons. The Balaban J connectivity index is 1.40. The second kappa shape index (κ2) is 9.07. The Hall–Kier alpha value is -4.27. The maximum absolute atomic E-state index is 13.2. The number of esters is 1. The maximum Gasteiger partial charge on any atom is 0.331 e. The van der Waals surface area contributed by atoms with E-state index in [4.69, 9.17) is 9.47 Å². The molecule has 33 heavy (non-hydrogen) atoms. The van der Waals surface area contributed by atoms with Gasteiger partial charge >= 0.3 is 5.97 Å². The van der Waals surface area contributed by atoms with Crippen LogP contribution in [0.3, 0.4) is 0 Å². The topological polar surface area (TPSA) is 99.5 Å². The van der Waals surface area contributed by atoms with Gasteiger partial charge in [-0.2, -0.15) is 5.10 Å². The van der Waals surface area contributed by atoms with Gasteiger partial charge in [-0.15, -0.1) is 0 Å². The predicted octanol–water partition coefficient (Wildman–Crippen LogP) is 3.40. The number of ether oxygens (including phenoxy) is 2. The van der Waals surface area contributed by atoms with E-state index < -0.39 is 18.4 Å². The van der Waals surface area contributed by atoms with Crippen molar-refractivity contribution in [2.45, 2.75) is 13.8 Å². The van der Waals surface area contributed by atoms with Gasteiger partial charge in [0, 0.05) is 22.9 Å². The van der Waals surface area contributed by atoms with E-state index in [9.17, 15) is 18.8 Å². The monoisotopic (exact) mass is 449 g/mol. The molecule has 0 fully saturated rings. The van der Waals surface area contributed by atoms with Crippen LogP contribution in [0.1, 0.15) is 27.3 Å². The molecule has 1 amide bonds. The Morgan fingerprint density at radius 1 is 1.21 bits per heavy atom. The first-order valence-corrected chi connectivity index (χ1v) is 10.1. The third-order valence-corrected chi connectivity index (χ3v) is 5.08. The van der Waals surface area contributed by atoms with Crippen molar-refractivity contribution in [2.24, 2.45) is 0 Å². The number of aromatic nitrogens is 2. The van der Waals surface area contributed by atoms with Gasteiger partial charge in [0.2, 0.25) is 0 Å². The van der Waals surface area contributed by atoms with Gasteiger partial charge in [-0.3, -0.25) is 9.59 Å². The second-order valence-electron chi connectivity index (χ2n) is 7.38. The van der Waals surface area contributed by atoms with Crippen molar-refractivity contribution >= 4 is 29.4 Å². The molecule has 0 spiro atoms. The number of benzene rings is 2.